The molecule has 2 aromatic rings. The average Bonchev–Trinajstić information content (AvgIpc) is 2.39. The summed E-state index contributed by atoms with van der Waals surface area (Å²) in [5.74, 6) is 1.86. The molecule has 1 heterocycles. The molecule has 3 heteroatoms. The van der Waals surface area contributed by atoms with Crippen molar-refractivity contribution < 1.29 is 4.74 Å². The van der Waals surface area contributed by atoms with Crippen molar-refractivity contribution in [1.29, 1.82) is 0 Å². The Morgan fingerprint density at radius 1 is 1.18 bits per heavy atom. The Morgan fingerprint density at radius 2 is 1.94 bits per heavy atom. The first-order chi connectivity index (χ1) is 8.31. The van der Waals surface area contributed by atoms with Crippen LogP contribution in [0.2, 0.25) is 0 Å². The molecule has 17 heavy (non-hydrogen) atoms. The molecule has 2 nitrogen and oxygen atoms in total. The highest BCUT2D eigenvalue weighted by molar-refractivity contribution is 6.17. The van der Waals surface area contributed by atoms with Crippen molar-refractivity contribution in [3.8, 4) is 11.6 Å². The lowest BCUT2D eigenvalue weighted by Gasteiger charge is -2.07. The summed E-state index contributed by atoms with van der Waals surface area (Å²) < 4.78 is 5.69. The van der Waals surface area contributed by atoms with Gasteiger partial charge in [0, 0.05) is 17.6 Å². The highest BCUT2D eigenvalue weighted by Gasteiger charge is 2.03. The van der Waals surface area contributed by atoms with Crippen molar-refractivity contribution >= 4 is 11.6 Å². The van der Waals surface area contributed by atoms with Gasteiger partial charge in [0.2, 0.25) is 5.88 Å². The van der Waals surface area contributed by atoms with Crippen LogP contribution < -0.4 is 4.74 Å². The molecule has 0 amide bonds. The highest BCUT2D eigenvalue weighted by Crippen LogP contribution is 2.21. The minimum absolute atomic E-state index is 0.473. The van der Waals surface area contributed by atoms with Crippen LogP contribution >= 0.6 is 11.6 Å². The van der Waals surface area contributed by atoms with Crippen molar-refractivity contribution in [3.05, 3.63) is 53.7 Å². The summed E-state index contributed by atoms with van der Waals surface area (Å²) in [4.78, 5) is 4.41. The van der Waals surface area contributed by atoms with Gasteiger partial charge < -0.3 is 4.74 Å². The number of rotatable bonds is 4. The molecule has 0 aliphatic heterocycles. The molecular weight excluding hydrogens is 234 g/mol. The molecule has 0 saturated heterocycles. The summed E-state index contributed by atoms with van der Waals surface area (Å²) in [7, 11) is 0. The second kappa shape index (κ2) is 5.69. The van der Waals surface area contributed by atoms with E-state index in [-0.39, 0.29) is 0 Å². The van der Waals surface area contributed by atoms with E-state index in [4.69, 9.17) is 16.3 Å². The lowest BCUT2D eigenvalue weighted by Crippen LogP contribution is -1.94. The zero-order chi connectivity index (χ0) is 12.1. The maximum Gasteiger partial charge on any atom is 0.219 e. The number of alkyl halides is 1. The van der Waals surface area contributed by atoms with Crippen LogP contribution in [0, 0.1) is 0 Å². The fraction of sp³-hybridized carbons (Fsp3) is 0.214. The minimum Gasteiger partial charge on any atom is -0.439 e. The molecule has 0 N–H and O–H groups in total. The van der Waals surface area contributed by atoms with Gasteiger partial charge in [-0.05, 0) is 30.2 Å². The number of hydrogen-bond acceptors (Lipinski definition) is 2. The van der Waals surface area contributed by atoms with Crippen LogP contribution in [0.3, 0.4) is 0 Å². The molecule has 0 unspecified atom stereocenters. The van der Waals surface area contributed by atoms with Crippen molar-refractivity contribution in [2.45, 2.75) is 19.2 Å². The predicted octanol–water partition coefficient (Wildman–Crippen LogP) is 4.18. The van der Waals surface area contributed by atoms with Gasteiger partial charge in [0.05, 0.1) is 0 Å². The fourth-order valence-electron chi connectivity index (χ4n) is 1.54. The van der Waals surface area contributed by atoms with E-state index in [2.05, 4.69) is 11.9 Å². The van der Waals surface area contributed by atoms with E-state index in [9.17, 15) is 0 Å². The highest BCUT2D eigenvalue weighted by atomic mass is 35.5. The predicted molar refractivity (Wildman–Crippen MR) is 69.7 cm³/mol. The third-order valence-electron chi connectivity index (χ3n) is 2.40. The van der Waals surface area contributed by atoms with E-state index in [1.54, 1.807) is 0 Å². The number of pyridine rings is 1. The molecule has 0 spiro atoms. The van der Waals surface area contributed by atoms with Crippen molar-refractivity contribution in [1.82, 2.24) is 4.98 Å². The first kappa shape index (κ1) is 11.9. The summed E-state index contributed by atoms with van der Waals surface area (Å²) >= 11 is 5.85. The maximum atomic E-state index is 5.85. The Labute approximate surface area is 106 Å². The van der Waals surface area contributed by atoms with E-state index in [1.807, 2.05) is 42.5 Å². The van der Waals surface area contributed by atoms with Crippen LogP contribution in [-0.2, 0) is 12.3 Å². The summed E-state index contributed by atoms with van der Waals surface area (Å²) in [5, 5.41) is 0. The van der Waals surface area contributed by atoms with Crippen LogP contribution in [0.15, 0.2) is 42.5 Å². The SMILES string of the molecule is CCc1cc(CCl)cc(Oc2ccccc2)n1. The van der Waals surface area contributed by atoms with Crippen molar-refractivity contribution in [2.24, 2.45) is 0 Å². The van der Waals surface area contributed by atoms with Gasteiger partial charge in [-0.2, -0.15) is 0 Å². The molecule has 0 saturated carbocycles. The third-order valence-corrected chi connectivity index (χ3v) is 2.71. The number of nitrogens with zero attached hydrogens (tertiary/aromatic N) is 1. The summed E-state index contributed by atoms with van der Waals surface area (Å²) in [6.07, 6.45) is 0.871. The number of aromatic nitrogens is 1. The second-order valence-corrected chi connectivity index (χ2v) is 3.97. The largest absolute Gasteiger partial charge is 0.439 e. The fourth-order valence-corrected chi connectivity index (χ4v) is 1.69. The van der Waals surface area contributed by atoms with Gasteiger partial charge in [-0.25, -0.2) is 4.98 Å². The smallest absolute Gasteiger partial charge is 0.219 e. The van der Waals surface area contributed by atoms with Crippen LogP contribution in [-0.4, -0.2) is 4.98 Å². The molecule has 0 aliphatic rings. The topological polar surface area (TPSA) is 22.1 Å². The zero-order valence-corrected chi connectivity index (χ0v) is 10.4. The third kappa shape index (κ3) is 3.21. The molecule has 0 bridgehead atoms. The Kier molecular flexibility index (Phi) is 3.99. The van der Waals surface area contributed by atoms with Gasteiger partial charge >= 0.3 is 0 Å². The Hall–Kier alpha value is -1.54. The standard InChI is InChI=1S/C14H14ClNO/c1-2-12-8-11(10-15)9-14(16-12)17-13-6-4-3-5-7-13/h3-9H,2,10H2,1H3. The lowest BCUT2D eigenvalue weighted by atomic mass is 10.2. The van der Waals surface area contributed by atoms with Gasteiger partial charge in [-0.1, -0.05) is 25.1 Å². The van der Waals surface area contributed by atoms with Gasteiger partial charge in [0.15, 0.2) is 0 Å². The van der Waals surface area contributed by atoms with E-state index >= 15 is 0 Å². The Morgan fingerprint density at radius 3 is 2.59 bits per heavy atom. The number of aryl methyl sites for hydroxylation is 1. The lowest BCUT2D eigenvalue weighted by molar-refractivity contribution is 0.460. The summed E-state index contributed by atoms with van der Waals surface area (Å²) in [6.45, 7) is 2.06. The van der Waals surface area contributed by atoms with Gasteiger partial charge in [-0.15, -0.1) is 11.6 Å². The molecule has 0 atom stereocenters. The average molecular weight is 248 g/mol. The first-order valence-electron chi connectivity index (χ1n) is 5.60. The Bertz CT molecular complexity index is 463. The van der Waals surface area contributed by atoms with Crippen LogP contribution in [0.5, 0.6) is 11.6 Å². The summed E-state index contributed by atoms with van der Waals surface area (Å²) in [6, 6.07) is 13.5. The van der Waals surface area contributed by atoms with Gasteiger partial charge in [0.1, 0.15) is 5.75 Å². The maximum absolute atomic E-state index is 5.85. The molecule has 0 aliphatic carbocycles. The molecular formula is C14H14ClNO. The van der Waals surface area contributed by atoms with E-state index in [0.29, 0.717) is 11.8 Å². The number of para-hydroxylation sites is 1. The Balaban J connectivity index is 2.26. The molecule has 2 rings (SSSR count). The van der Waals surface area contributed by atoms with E-state index in [0.717, 1.165) is 23.4 Å². The van der Waals surface area contributed by atoms with Crippen LogP contribution in [0.4, 0.5) is 0 Å². The quantitative estimate of drug-likeness (QED) is 0.757. The van der Waals surface area contributed by atoms with E-state index < -0.39 is 0 Å². The van der Waals surface area contributed by atoms with Crippen molar-refractivity contribution in [2.75, 3.05) is 0 Å². The monoisotopic (exact) mass is 247 g/mol. The normalized spacial score (nSPS) is 10.2. The number of halogens is 1. The second-order valence-electron chi connectivity index (χ2n) is 3.71. The first-order valence-corrected chi connectivity index (χ1v) is 6.14. The molecule has 0 radical (unpaired) electrons. The molecule has 1 aromatic carbocycles. The number of ether oxygens (including phenoxy) is 1. The number of benzene rings is 1. The minimum atomic E-state index is 0.473. The zero-order valence-electron chi connectivity index (χ0n) is 9.69. The molecule has 0 fully saturated rings. The van der Waals surface area contributed by atoms with Gasteiger partial charge in [-0.3, -0.25) is 0 Å². The summed E-state index contributed by atoms with van der Waals surface area (Å²) in [5.41, 5.74) is 2.03. The van der Waals surface area contributed by atoms with E-state index in [1.165, 1.54) is 0 Å². The van der Waals surface area contributed by atoms with Crippen molar-refractivity contribution in [3.63, 3.8) is 0 Å². The number of hydrogen-bond donors (Lipinski definition) is 0. The van der Waals surface area contributed by atoms with Crippen LogP contribution in [0.1, 0.15) is 18.2 Å². The van der Waals surface area contributed by atoms with Crippen LogP contribution in [0.25, 0.3) is 0 Å². The molecule has 88 valence electrons. The van der Waals surface area contributed by atoms with Gasteiger partial charge in [0.25, 0.3) is 0 Å². The molecule has 1 aromatic heterocycles.